The Balaban J connectivity index is 2.36. The van der Waals surface area contributed by atoms with Crippen molar-refractivity contribution in [2.45, 2.75) is 84.6 Å². The average molecular weight is 468 g/mol. The molecule has 1 aliphatic rings. The zero-order chi connectivity index (χ0) is 24.9. The molecule has 0 aromatic heterocycles. The van der Waals surface area contributed by atoms with E-state index in [-0.39, 0.29) is 32.7 Å². The van der Waals surface area contributed by atoms with E-state index in [0.29, 0.717) is 24.1 Å². The smallest absolute Gasteiger partial charge is 0.458 e. The number of carbonyl (C=O) groups is 1. The summed E-state index contributed by atoms with van der Waals surface area (Å²) in [7, 11) is 1.12. The molecule has 1 heterocycles. The van der Waals surface area contributed by atoms with Gasteiger partial charge in [-0.1, -0.05) is 12.1 Å². The first kappa shape index (κ1) is 27.6. The van der Waals surface area contributed by atoms with Crippen LogP contribution in [0.15, 0.2) is 12.1 Å². The maximum Gasteiger partial charge on any atom is 0.458 e. The normalized spacial score (nSPS) is 17.3. The number of hydrogen-bond acceptors (Lipinski definition) is 7. The number of rotatable bonds is 11. The molecule has 0 bridgehead atoms. The first-order chi connectivity index (χ1) is 15.3. The van der Waals surface area contributed by atoms with Gasteiger partial charge in [-0.3, -0.25) is 0 Å². The highest BCUT2D eigenvalue weighted by Crippen LogP contribution is 2.39. The van der Waals surface area contributed by atoms with Crippen molar-refractivity contribution in [2.24, 2.45) is 0 Å². The molecule has 0 radical (unpaired) electrons. The maximum absolute atomic E-state index is 13.2. The Bertz CT molecular complexity index is 789. The lowest BCUT2D eigenvalue weighted by atomic mass is 9.81. The Morgan fingerprint density at radius 1 is 1.09 bits per heavy atom. The van der Waals surface area contributed by atoms with E-state index >= 15 is 0 Å². The molecule has 1 aliphatic heterocycles. The number of esters is 1. The van der Waals surface area contributed by atoms with Gasteiger partial charge in [0, 0.05) is 7.11 Å². The molecule has 1 aromatic carbocycles. The van der Waals surface area contributed by atoms with E-state index in [1.54, 1.807) is 26.8 Å². The molecule has 0 spiro atoms. The molecule has 186 valence electrons. The van der Waals surface area contributed by atoms with Crippen LogP contribution < -0.4 is 4.74 Å². The Kier molecular flexibility index (Phi) is 9.33. The van der Waals surface area contributed by atoms with Gasteiger partial charge in [-0.25, -0.2) is 9.18 Å². The minimum atomic E-state index is -0.703. The van der Waals surface area contributed by atoms with Crippen LogP contribution in [0.25, 0.3) is 0 Å². The Hall–Kier alpha value is -1.68. The lowest BCUT2D eigenvalue weighted by molar-refractivity contribution is 0.00489. The number of benzene rings is 1. The predicted molar refractivity (Wildman–Crippen MR) is 124 cm³/mol. The van der Waals surface area contributed by atoms with Crippen molar-refractivity contribution in [3.63, 3.8) is 0 Å². The van der Waals surface area contributed by atoms with Crippen LogP contribution in [0.2, 0.25) is 6.32 Å². The first-order valence-corrected chi connectivity index (χ1v) is 11.3. The topological polar surface area (TPSA) is 72.5 Å². The molecule has 2 rings (SSSR count). The van der Waals surface area contributed by atoms with Gasteiger partial charge in [-0.2, -0.15) is 0 Å². The summed E-state index contributed by atoms with van der Waals surface area (Å²) in [4.78, 5) is 13.2. The standard InChI is InChI=1S/C24H38BFO7/c1-22(2,3)31-21(27)19-18(15-29-14-13-26)10-9-17(20(19)30-16-28-8)11-12-25-32-23(4,5)24(6,7)33-25/h9-10H,11-16H2,1-8H3. The third kappa shape index (κ3) is 7.40. The van der Waals surface area contributed by atoms with Crippen LogP contribution in [0, 0.1) is 0 Å². The van der Waals surface area contributed by atoms with Gasteiger partial charge in [0.1, 0.15) is 23.6 Å². The van der Waals surface area contributed by atoms with Crippen molar-refractivity contribution in [3.05, 3.63) is 28.8 Å². The van der Waals surface area contributed by atoms with Gasteiger partial charge in [-0.15, -0.1) is 0 Å². The summed E-state index contributed by atoms with van der Waals surface area (Å²) in [5.41, 5.74) is 0.0524. The predicted octanol–water partition coefficient (Wildman–Crippen LogP) is 4.75. The fourth-order valence-corrected chi connectivity index (χ4v) is 3.41. The van der Waals surface area contributed by atoms with Gasteiger partial charge in [0.2, 0.25) is 0 Å². The van der Waals surface area contributed by atoms with E-state index in [4.69, 9.17) is 28.3 Å². The molecule has 1 saturated heterocycles. The highest BCUT2D eigenvalue weighted by atomic mass is 19.1. The summed E-state index contributed by atoms with van der Waals surface area (Å²) in [6, 6.07) is 3.66. The molecule has 7 nitrogen and oxygen atoms in total. The maximum atomic E-state index is 13.2. The van der Waals surface area contributed by atoms with E-state index in [2.05, 4.69) is 0 Å². The highest BCUT2D eigenvalue weighted by Gasteiger charge is 2.50. The second-order valence-electron chi connectivity index (χ2n) is 10.1. The molecule has 0 atom stereocenters. The number of halogens is 1. The number of alkyl halides is 1. The van der Waals surface area contributed by atoms with Crippen LogP contribution >= 0.6 is 0 Å². The molecule has 0 amide bonds. The van der Waals surface area contributed by atoms with E-state index in [9.17, 15) is 9.18 Å². The molecule has 33 heavy (non-hydrogen) atoms. The van der Waals surface area contributed by atoms with Crippen LogP contribution in [0.4, 0.5) is 4.39 Å². The summed E-state index contributed by atoms with van der Waals surface area (Å²) < 4.78 is 46.7. The van der Waals surface area contributed by atoms with Crippen molar-refractivity contribution in [1.82, 2.24) is 0 Å². The Morgan fingerprint density at radius 2 is 1.70 bits per heavy atom. The summed E-state index contributed by atoms with van der Waals surface area (Å²) >= 11 is 0. The van der Waals surface area contributed by atoms with Crippen LogP contribution in [0.3, 0.4) is 0 Å². The third-order valence-corrected chi connectivity index (χ3v) is 5.68. The lowest BCUT2D eigenvalue weighted by Crippen LogP contribution is -2.41. The van der Waals surface area contributed by atoms with E-state index in [0.717, 1.165) is 5.56 Å². The number of aryl methyl sites for hydroxylation is 1. The summed E-state index contributed by atoms with van der Waals surface area (Å²) in [5, 5.41) is 0. The number of hydrogen-bond donors (Lipinski definition) is 0. The number of methoxy groups -OCH3 is 1. The largest absolute Gasteiger partial charge is 0.466 e. The van der Waals surface area contributed by atoms with Crippen molar-refractivity contribution in [3.8, 4) is 5.75 Å². The number of carbonyl (C=O) groups excluding carboxylic acids is 1. The fourth-order valence-electron chi connectivity index (χ4n) is 3.41. The highest BCUT2D eigenvalue weighted by molar-refractivity contribution is 6.45. The Morgan fingerprint density at radius 3 is 2.24 bits per heavy atom. The summed E-state index contributed by atoms with van der Waals surface area (Å²) in [5.74, 6) is -0.172. The van der Waals surface area contributed by atoms with Crippen molar-refractivity contribution < 1.29 is 37.4 Å². The van der Waals surface area contributed by atoms with Crippen LogP contribution in [-0.4, -0.2) is 57.1 Å². The van der Waals surface area contributed by atoms with E-state index in [1.807, 2.05) is 33.8 Å². The van der Waals surface area contributed by atoms with Crippen LogP contribution in [0.1, 0.15) is 70.0 Å². The molecule has 9 heteroatoms. The second kappa shape index (κ2) is 11.2. The zero-order valence-corrected chi connectivity index (χ0v) is 21.2. The fraction of sp³-hybridized carbons (Fsp3) is 0.708. The molecule has 0 unspecified atom stereocenters. The zero-order valence-electron chi connectivity index (χ0n) is 21.2. The van der Waals surface area contributed by atoms with Gasteiger partial charge in [0.15, 0.2) is 6.79 Å². The molecular weight excluding hydrogens is 430 g/mol. The molecule has 0 saturated carbocycles. The molecule has 0 aliphatic carbocycles. The van der Waals surface area contributed by atoms with Crippen LogP contribution in [-0.2, 0) is 36.5 Å². The van der Waals surface area contributed by atoms with Crippen molar-refractivity contribution in [2.75, 3.05) is 27.2 Å². The van der Waals surface area contributed by atoms with E-state index in [1.165, 1.54) is 7.11 Å². The summed E-state index contributed by atoms with van der Waals surface area (Å²) in [6.07, 6.45) is 1.11. The van der Waals surface area contributed by atoms with Gasteiger partial charge < -0.3 is 28.3 Å². The van der Waals surface area contributed by atoms with Crippen LogP contribution in [0.5, 0.6) is 5.75 Å². The van der Waals surface area contributed by atoms with E-state index < -0.39 is 29.4 Å². The molecule has 0 N–H and O–H groups in total. The molecular formula is C24H38BFO7. The number of ether oxygens (including phenoxy) is 4. The lowest BCUT2D eigenvalue weighted by Gasteiger charge is -2.32. The average Bonchev–Trinajstić information content (AvgIpc) is 2.90. The monoisotopic (exact) mass is 468 g/mol. The van der Waals surface area contributed by atoms with Gasteiger partial charge in [0.05, 0.1) is 24.4 Å². The van der Waals surface area contributed by atoms with Gasteiger partial charge in [-0.05, 0) is 72.3 Å². The summed E-state index contributed by atoms with van der Waals surface area (Å²) in [6.45, 7) is 12.7. The quantitative estimate of drug-likeness (QED) is 0.201. The van der Waals surface area contributed by atoms with Crippen molar-refractivity contribution >= 4 is 13.1 Å². The second-order valence-corrected chi connectivity index (χ2v) is 10.1. The molecule has 1 fully saturated rings. The van der Waals surface area contributed by atoms with Crippen molar-refractivity contribution in [1.29, 1.82) is 0 Å². The van der Waals surface area contributed by atoms with Gasteiger partial charge in [0.25, 0.3) is 0 Å². The minimum absolute atomic E-state index is 0.0475. The minimum Gasteiger partial charge on any atom is -0.466 e. The Labute approximate surface area is 197 Å². The first-order valence-electron chi connectivity index (χ1n) is 11.3. The van der Waals surface area contributed by atoms with Gasteiger partial charge >= 0.3 is 13.1 Å². The molecule has 1 aromatic rings. The SMILES string of the molecule is COCOc1c(CCB2OC(C)(C)C(C)(C)O2)ccc(COCCF)c1C(=O)OC(C)(C)C. The third-order valence-electron chi connectivity index (χ3n) is 5.68.